The molecule has 5 nitrogen and oxygen atoms in total. The fourth-order valence-corrected chi connectivity index (χ4v) is 1.61. The molecule has 0 radical (unpaired) electrons. The summed E-state index contributed by atoms with van der Waals surface area (Å²) >= 11 is 0. The highest BCUT2D eigenvalue weighted by Crippen LogP contribution is 2.11. The average molecular weight is 238 g/mol. The third-order valence-electron chi connectivity index (χ3n) is 2.67. The van der Waals surface area contributed by atoms with Crippen LogP contribution in [0.1, 0.15) is 45.4 Å². The summed E-state index contributed by atoms with van der Waals surface area (Å²) in [6.07, 6.45) is 1.84. The molecule has 96 valence electrons. The molecule has 0 aliphatic carbocycles. The van der Waals surface area contributed by atoms with E-state index in [1.807, 2.05) is 13.8 Å². The number of H-pyrrole nitrogens is 1. The first kappa shape index (κ1) is 13.7. The number of anilines is 1. The highest BCUT2D eigenvalue weighted by molar-refractivity contribution is 5.34. The van der Waals surface area contributed by atoms with Crippen molar-refractivity contribution in [1.82, 2.24) is 9.97 Å². The largest absolute Gasteiger partial charge is 0.367 e. The Balaban J connectivity index is 2.86. The topological polar surface area (TPSA) is 83.8 Å². The Morgan fingerprint density at radius 1 is 1.53 bits per heavy atom. The second-order valence-electron chi connectivity index (χ2n) is 4.50. The molecule has 17 heavy (non-hydrogen) atoms. The van der Waals surface area contributed by atoms with Gasteiger partial charge in [0.25, 0.3) is 5.56 Å². The van der Waals surface area contributed by atoms with Crippen molar-refractivity contribution in [1.29, 1.82) is 0 Å². The quantitative estimate of drug-likeness (QED) is 0.700. The monoisotopic (exact) mass is 238 g/mol. The molecule has 0 bridgehead atoms. The van der Waals surface area contributed by atoms with Crippen LogP contribution in [-0.4, -0.2) is 22.6 Å². The Kier molecular flexibility index (Phi) is 5.15. The van der Waals surface area contributed by atoms with Crippen molar-refractivity contribution in [2.45, 2.75) is 45.6 Å². The van der Waals surface area contributed by atoms with Crippen LogP contribution < -0.4 is 16.6 Å². The van der Waals surface area contributed by atoms with Gasteiger partial charge in [0.2, 0.25) is 0 Å². The second kappa shape index (κ2) is 6.39. The lowest BCUT2D eigenvalue weighted by molar-refractivity contribution is 0.637. The summed E-state index contributed by atoms with van der Waals surface area (Å²) in [4.78, 5) is 18.6. The minimum Gasteiger partial charge on any atom is -0.367 e. The van der Waals surface area contributed by atoms with Crippen molar-refractivity contribution in [3.63, 3.8) is 0 Å². The molecule has 1 unspecified atom stereocenters. The summed E-state index contributed by atoms with van der Waals surface area (Å²) in [5.41, 5.74) is 5.42. The van der Waals surface area contributed by atoms with Gasteiger partial charge in [0.1, 0.15) is 11.6 Å². The molecular weight excluding hydrogens is 216 g/mol. The second-order valence-corrected chi connectivity index (χ2v) is 4.50. The van der Waals surface area contributed by atoms with E-state index in [1.165, 1.54) is 6.07 Å². The van der Waals surface area contributed by atoms with Crippen molar-refractivity contribution in [3.8, 4) is 0 Å². The average Bonchev–Trinajstić information content (AvgIpc) is 2.27. The van der Waals surface area contributed by atoms with Crippen molar-refractivity contribution < 1.29 is 0 Å². The summed E-state index contributed by atoms with van der Waals surface area (Å²) in [6.45, 7) is 6.72. The van der Waals surface area contributed by atoms with Gasteiger partial charge >= 0.3 is 0 Å². The molecule has 1 aromatic rings. The smallest absolute Gasteiger partial charge is 0.252 e. The number of nitrogens with one attached hydrogen (secondary N) is 2. The molecule has 0 aromatic carbocycles. The summed E-state index contributed by atoms with van der Waals surface area (Å²) in [5.74, 6) is 1.55. The van der Waals surface area contributed by atoms with Gasteiger partial charge in [0, 0.05) is 18.0 Å². The van der Waals surface area contributed by atoms with Crippen LogP contribution in [-0.2, 0) is 0 Å². The Labute approximate surface area is 102 Å². The van der Waals surface area contributed by atoms with Crippen molar-refractivity contribution in [3.05, 3.63) is 22.2 Å². The van der Waals surface area contributed by atoms with E-state index < -0.39 is 0 Å². The zero-order valence-electron chi connectivity index (χ0n) is 10.8. The van der Waals surface area contributed by atoms with E-state index in [0.717, 1.165) is 12.8 Å². The van der Waals surface area contributed by atoms with Gasteiger partial charge in [-0.2, -0.15) is 0 Å². The molecule has 1 heterocycles. The number of nitrogens with two attached hydrogens (primary N) is 1. The van der Waals surface area contributed by atoms with E-state index in [2.05, 4.69) is 22.2 Å². The molecule has 0 saturated heterocycles. The lowest BCUT2D eigenvalue weighted by Crippen LogP contribution is -2.24. The van der Waals surface area contributed by atoms with Gasteiger partial charge in [0.05, 0.1) is 0 Å². The van der Waals surface area contributed by atoms with Gasteiger partial charge in [-0.15, -0.1) is 0 Å². The third-order valence-corrected chi connectivity index (χ3v) is 2.67. The van der Waals surface area contributed by atoms with Crippen LogP contribution in [0.2, 0.25) is 0 Å². The predicted octanol–water partition coefficient (Wildman–Crippen LogP) is 1.43. The number of aromatic amines is 1. The van der Waals surface area contributed by atoms with Gasteiger partial charge in [-0.1, -0.05) is 20.8 Å². The molecule has 1 rings (SSSR count). The van der Waals surface area contributed by atoms with E-state index >= 15 is 0 Å². The van der Waals surface area contributed by atoms with Gasteiger partial charge in [-0.25, -0.2) is 4.98 Å². The van der Waals surface area contributed by atoms with Crippen LogP contribution >= 0.6 is 0 Å². The van der Waals surface area contributed by atoms with Crippen LogP contribution in [0.15, 0.2) is 10.9 Å². The summed E-state index contributed by atoms with van der Waals surface area (Å²) < 4.78 is 0. The maximum absolute atomic E-state index is 11.5. The van der Waals surface area contributed by atoms with Crippen LogP contribution in [0.3, 0.4) is 0 Å². The molecule has 5 heteroatoms. The standard InChI is InChI=1S/C12H22N4O/c1-4-9(5-6-13)14-10-7-11(17)16-12(15-10)8(2)3/h7-9H,4-6,13H2,1-3H3,(H2,14,15,16,17). The minimum atomic E-state index is -0.117. The van der Waals surface area contributed by atoms with Crippen LogP contribution in [0.25, 0.3) is 0 Å². The molecule has 0 amide bonds. The lowest BCUT2D eigenvalue weighted by Gasteiger charge is -2.17. The lowest BCUT2D eigenvalue weighted by atomic mass is 10.1. The van der Waals surface area contributed by atoms with E-state index in [0.29, 0.717) is 18.2 Å². The maximum atomic E-state index is 11.5. The summed E-state index contributed by atoms with van der Waals surface area (Å²) in [6, 6.07) is 1.76. The van der Waals surface area contributed by atoms with Gasteiger partial charge in [-0.05, 0) is 19.4 Å². The van der Waals surface area contributed by atoms with Crippen LogP contribution in [0, 0.1) is 0 Å². The zero-order chi connectivity index (χ0) is 12.8. The normalized spacial score (nSPS) is 12.8. The number of hydrogen-bond donors (Lipinski definition) is 3. The van der Waals surface area contributed by atoms with E-state index in [-0.39, 0.29) is 17.5 Å². The Hall–Kier alpha value is -1.36. The molecule has 1 atom stereocenters. The first-order valence-corrected chi connectivity index (χ1v) is 6.14. The SMILES string of the molecule is CCC(CCN)Nc1cc(=O)[nH]c(C(C)C)n1. The maximum Gasteiger partial charge on any atom is 0.252 e. The summed E-state index contributed by atoms with van der Waals surface area (Å²) in [5, 5.41) is 3.25. The fourth-order valence-electron chi connectivity index (χ4n) is 1.61. The highest BCUT2D eigenvalue weighted by atomic mass is 16.1. The number of rotatable bonds is 6. The number of nitrogens with zero attached hydrogens (tertiary/aromatic N) is 1. The predicted molar refractivity (Wildman–Crippen MR) is 70.3 cm³/mol. The highest BCUT2D eigenvalue weighted by Gasteiger charge is 2.09. The van der Waals surface area contributed by atoms with Gasteiger partial charge in [-0.3, -0.25) is 4.79 Å². The molecule has 1 aromatic heterocycles. The Morgan fingerprint density at radius 3 is 2.76 bits per heavy atom. The molecular formula is C12H22N4O. The summed E-state index contributed by atoms with van der Waals surface area (Å²) in [7, 11) is 0. The van der Waals surface area contributed by atoms with Crippen molar-refractivity contribution in [2.24, 2.45) is 5.73 Å². The van der Waals surface area contributed by atoms with Gasteiger partial charge in [0.15, 0.2) is 0 Å². The Morgan fingerprint density at radius 2 is 2.24 bits per heavy atom. The van der Waals surface area contributed by atoms with Crippen molar-refractivity contribution >= 4 is 5.82 Å². The third kappa shape index (κ3) is 4.19. The fraction of sp³-hybridized carbons (Fsp3) is 0.667. The van der Waals surface area contributed by atoms with Crippen molar-refractivity contribution in [2.75, 3.05) is 11.9 Å². The number of aromatic nitrogens is 2. The molecule has 0 spiro atoms. The molecule has 4 N–H and O–H groups in total. The van der Waals surface area contributed by atoms with E-state index in [9.17, 15) is 4.79 Å². The first-order chi connectivity index (χ1) is 8.06. The molecule has 0 saturated carbocycles. The minimum absolute atomic E-state index is 0.117. The molecule has 0 aliphatic heterocycles. The van der Waals surface area contributed by atoms with E-state index in [1.54, 1.807) is 0 Å². The molecule has 0 fully saturated rings. The van der Waals surface area contributed by atoms with Crippen LogP contribution in [0.5, 0.6) is 0 Å². The van der Waals surface area contributed by atoms with E-state index in [4.69, 9.17) is 5.73 Å². The first-order valence-electron chi connectivity index (χ1n) is 6.14. The van der Waals surface area contributed by atoms with Crippen LogP contribution in [0.4, 0.5) is 5.82 Å². The Bertz CT molecular complexity index is 400. The van der Waals surface area contributed by atoms with Gasteiger partial charge < -0.3 is 16.0 Å². The molecule has 0 aliphatic rings. The number of hydrogen-bond acceptors (Lipinski definition) is 4. The zero-order valence-corrected chi connectivity index (χ0v) is 10.8.